The molecule has 2 bridgehead atoms. The van der Waals surface area contributed by atoms with Crippen LogP contribution in [-0.4, -0.2) is 11.0 Å². The van der Waals surface area contributed by atoms with Crippen molar-refractivity contribution in [1.82, 2.24) is 4.98 Å². The lowest BCUT2D eigenvalue weighted by molar-refractivity contribution is 0.389. The molecule has 5 unspecified atom stereocenters. The first-order valence-corrected chi connectivity index (χ1v) is 7.91. The fraction of sp³-hybridized carbons (Fsp3) is 0.588. The van der Waals surface area contributed by atoms with E-state index in [4.69, 9.17) is 10.2 Å². The summed E-state index contributed by atoms with van der Waals surface area (Å²) >= 11 is 0. The number of nitrogens with zero attached hydrogens (tertiary/aromatic N) is 1. The van der Waals surface area contributed by atoms with Crippen molar-refractivity contribution in [3.05, 3.63) is 30.2 Å². The molecule has 5 rings (SSSR count). The van der Waals surface area contributed by atoms with Gasteiger partial charge >= 0.3 is 0 Å². The molecule has 3 saturated carbocycles. The average molecular weight is 268 g/mol. The number of oxazole rings is 1. The first-order chi connectivity index (χ1) is 9.81. The Bertz CT molecular complexity index is 615. The lowest BCUT2D eigenvalue weighted by Gasteiger charge is -2.14. The number of fused-ring (bicyclic) bond motifs is 6. The maximum Gasteiger partial charge on any atom is 0.197 e. The van der Waals surface area contributed by atoms with Crippen molar-refractivity contribution in [2.24, 2.45) is 35.3 Å². The van der Waals surface area contributed by atoms with Gasteiger partial charge in [-0.3, -0.25) is 0 Å². The molecule has 5 atom stereocenters. The van der Waals surface area contributed by atoms with Gasteiger partial charge in [0.1, 0.15) is 5.52 Å². The van der Waals surface area contributed by atoms with Crippen molar-refractivity contribution in [3.63, 3.8) is 0 Å². The highest BCUT2D eigenvalue weighted by molar-refractivity contribution is 5.72. The third-order valence-electron chi connectivity index (χ3n) is 6.04. The molecule has 3 aliphatic rings. The topological polar surface area (TPSA) is 52.0 Å². The van der Waals surface area contributed by atoms with Gasteiger partial charge < -0.3 is 10.2 Å². The Balaban J connectivity index is 1.34. The van der Waals surface area contributed by atoms with E-state index in [0.29, 0.717) is 0 Å². The zero-order valence-corrected chi connectivity index (χ0v) is 11.5. The number of hydrogen-bond acceptors (Lipinski definition) is 3. The van der Waals surface area contributed by atoms with Crippen LogP contribution >= 0.6 is 0 Å². The predicted molar refractivity (Wildman–Crippen MR) is 77.0 cm³/mol. The summed E-state index contributed by atoms with van der Waals surface area (Å²) in [6.45, 7) is 0. The first-order valence-electron chi connectivity index (χ1n) is 7.91. The van der Waals surface area contributed by atoms with E-state index in [1.165, 1.54) is 19.3 Å². The SMILES string of the molecule is NC(Cc1nc2ccccc2o1)C1C2C3CCC(C3)C12. The fourth-order valence-electron chi connectivity index (χ4n) is 5.31. The van der Waals surface area contributed by atoms with Gasteiger partial charge in [-0.15, -0.1) is 0 Å². The molecular weight excluding hydrogens is 248 g/mol. The van der Waals surface area contributed by atoms with Crippen molar-refractivity contribution in [3.8, 4) is 0 Å². The molecule has 20 heavy (non-hydrogen) atoms. The van der Waals surface area contributed by atoms with Crippen LogP contribution in [0.15, 0.2) is 28.7 Å². The first kappa shape index (κ1) is 11.3. The van der Waals surface area contributed by atoms with Gasteiger partial charge in [-0.2, -0.15) is 0 Å². The second-order valence-corrected chi connectivity index (χ2v) is 7.01. The van der Waals surface area contributed by atoms with Crippen LogP contribution in [0.1, 0.15) is 25.2 Å². The largest absolute Gasteiger partial charge is 0.441 e. The van der Waals surface area contributed by atoms with E-state index >= 15 is 0 Å². The Morgan fingerprint density at radius 2 is 1.95 bits per heavy atom. The minimum absolute atomic E-state index is 0.237. The summed E-state index contributed by atoms with van der Waals surface area (Å²) in [5.74, 6) is 5.42. The third kappa shape index (κ3) is 1.47. The van der Waals surface area contributed by atoms with Crippen LogP contribution in [0.25, 0.3) is 11.1 Å². The number of aromatic nitrogens is 1. The predicted octanol–water partition coefficient (Wildman–Crippen LogP) is 2.99. The minimum atomic E-state index is 0.237. The molecule has 1 aromatic carbocycles. The summed E-state index contributed by atoms with van der Waals surface area (Å²) in [5.41, 5.74) is 8.31. The maximum absolute atomic E-state index is 6.48. The Hall–Kier alpha value is -1.35. The van der Waals surface area contributed by atoms with E-state index in [-0.39, 0.29) is 6.04 Å². The molecule has 2 aromatic rings. The van der Waals surface area contributed by atoms with Gasteiger partial charge in [0.15, 0.2) is 11.5 Å². The summed E-state index contributed by atoms with van der Waals surface area (Å²) in [4.78, 5) is 4.56. The van der Waals surface area contributed by atoms with E-state index in [0.717, 1.165) is 53.0 Å². The molecule has 1 aromatic heterocycles. The standard InChI is InChI=1S/C17H20N2O/c18-11(17-15-9-5-6-10(7-9)16(15)17)8-14-19-12-3-1-2-4-13(12)20-14/h1-4,9-11,15-17H,5-8,18H2. The molecule has 3 fully saturated rings. The lowest BCUT2D eigenvalue weighted by Crippen LogP contribution is -2.28. The van der Waals surface area contributed by atoms with Crippen molar-refractivity contribution < 1.29 is 4.42 Å². The van der Waals surface area contributed by atoms with E-state index < -0.39 is 0 Å². The Morgan fingerprint density at radius 1 is 1.20 bits per heavy atom. The highest BCUT2D eigenvalue weighted by Crippen LogP contribution is 2.70. The van der Waals surface area contributed by atoms with Crippen LogP contribution in [0.5, 0.6) is 0 Å². The zero-order chi connectivity index (χ0) is 13.3. The number of rotatable bonds is 3. The van der Waals surface area contributed by atoms with E-state index in [1.807, 2.05) is 24.3 Å². The molecule has 0 aliphatic heterocycles. The Kier molecular flexibility index (Phi) is 2.18. The number of benzene rings is 1. The fourth-order valence-corrected chi connectivity index (χ4v) is 5.31. The minimum Gasteiger partial charge on any atom is -0.441 e. The molecule has 1 heterocycles. The van der Waals surface area contributed by atoms with Crippen molar-refractivity contribution in [2.75, 3.05) is 0 Å². The molecule has 2 N–H and O–H groups in total. The highest BCUT2D eigenvalue weighted by atomic mass is 16.3. The summed E-state index contributed by atoms with van der Waals surface area (Å²) < 4.78 is 5.82. The summed E-state index contributed by atoms with van der Waals surface area (Å²) in [5, 5.41) is 0. The van der Waals surface area contributed by atoms with Gasteiger partial charge in [0, 0.05) is 12.5 Å². The summed E-state index contributed by atoms with van der Waals surface area (Å²) in [7, 11) is 0. The van der Waals surface area contributed by atoms with Crippen LogP contribution in [0.2, 0.25) is 0 Å². The third-order valence-corrected chi connectivity index (χ3v) is 6.04. The molecule has 0 amide bonds. The molecule has 0 spiro atoms. The molecule has 0 saturated heterocycles. The second-order valence-electron chi connectivity index (χ2n) is 7.01. The average Bonchev–Trinajstić information content (AvgIpc) is 2.78. The van der Waals surface area contributed by atoms with Gasteiger partial charge in [-0.05, 0) is 61.0 Å². The summed E-state index contributed by atoms with van der Waals surface area (Å²) in [6.07, 6.45) is 5.20. The molecule has 3 nitrogen and oxygen atoms in total. The van der Waals surface area contributed by atoms with Crippen LogP contribution in [0.3, 0.4) is 0 Å². The molecule has 0 radical (unpaired) electrons. The molecule has 3 heteroatoms. The number of para-hydroxylation sites is 2. The van der Waals surface area contributed by atoms with E-state index in [2.05, 4.69) is 4.98 Å². The van der Waals surface area contributed by atoms with Crippen LogP contribution in [0, 0.1) is 29.6 Å². The van der Waals surface area contributed by atoms with Crippen LogP contribution in [-0.2, 0) is 6.42 Å². The molecular formula is C17H20N2O. The molecule has 3 aliphatic carbocycles. The van der Waals surface area contributed by atoms with E-state index in [9.17, 15) is 0 Å². The molecule has 104 valence electrons. The smallest absolute Gasteiger partial charge is 0.197 e. The Morgan fingerprint density at radius 3 is 2.70 bits per heavy atom. The van der Waals surface area contributed by atoms with Gasteiger partial charge in [0.2, 0.25) is 0 Å². The van der Waals surface area contributed by atoms with Crippen molar-refractivity contribution in [2.45, 2.75) is 31.7 Å². The van der Waals surface area contributed by atoms with E-state index in [1.54, 1.807) is 0 Å². The summed E-state index contributed by atoms with van der Waals surface area (Å²) in [6, 6.07) is 8.20. The van der Waals surface area contributed by atoms with Gasteiger partial charge in [-0.25, -0.2) is 4.98 Å². The highest BCUT2D eigenvalue weighted by Gasteiger charge is 2.66. The van der Waals surface area contributed by atoms with Crippen LogP contribution < -0.4 is 5.73 Å². The van der Waals surface area contributed by atoms with Gasteiger partial charge in [0.05, 0.1) is 0 Å². The van der Waals surface area contributed by atoms with Gasteiger partial charge in [-0.1, -0.05) is 12.1 Å². The maximum atomic E-state index is 6.48. The zero-order valence-electron chi connectivity index (χ0n) is 11.5. The van der Waals surface area contributed by atoms with Gasteiger partial charge in [0.25, 0.3) is 0 Å². The monoisotopic (exact) mass is 268 g/mol. The number of hydrogen-bond donors (Lipinski definition) is 1. The second kappa shape index (κ2) is 3.85. The lowest BCUT2D eigenvalue weighted by atomic mass is 9.96. The normalized spacial score (nSPS) is 39.1. The van der Waals surface area contributed by atoms with Crippen LogP contribution in [0.4, 0.5) is 0 Å². The van der Waals surface area contributed by atoms with Crippen molar-refractivity contribution >= 4 is 11.1 Å². The quantitative estimate of drug-likeness (QED) is 0.931. The Labute approximate surface area is 118 Å². The van der Waals surface area contributed by atoms with Crippen molar-refractivity contribution in [1.29, 1.82) is 0 Å². The number of nitrogens with two attached hydrogens (primary N) is 1.